The van der Waals surface area contributed by atoms with E-state index in [0.29, 0.717) is 22.5 Å². The van der Waals surface area contributed by atoms with Gasteiger partial charge in [0.2, 0.25) is 0 Å². The van der Waals surface area contributed by atoms with Gasteiger partial charge in [-0.15, -0.1) is 0 Å². The van der Waals surface area contributed by atoms with Gasteiger partial charge in [-0.3, -0.25) is 5.84 Å². The van der Waals surface area contributed by atoms with Crippen LogP contribution in [0.4, 0.5) is 10.1 Å². The molecule has 0 fully saturated rings. The summed E-state index contributed by atoms with van der Waals surface area (Å²) in [7, 11) is 0. The molecule has 1 aromatic carbocycles. The first-order chi connectivity index (χ1) is 6.06. The average Bonchev–Trinajstić information content (AvgIpc) is 2.08. The van der Waals surface area contributed by atoms with Gasteiger partial charge in [0, 0.05) is 11.3 Å². The van der Waals surface area contributed by atoms with Gasteiger partial charge < -0.3 is 11.2 Å². The second-order valence-electron chi connectivity index (χ2n) is 2.82. The molecule has 4 heteroatoms. The molecule has 0 amide bonds. The summed E-state index contributed by atoms with van der Waals surface area (Å²) in [6.45, 7) is 5.22. The lowest BCUT2D eigenvalue weighted by Crippen LogP contribution is -2.11. The summed E-state index contributed by atoms with van der Waals surface area (Å²) < 4.78 is 13.0. The highest BCUT2D eigenvalue weighted by molar-refractivity contribution is 5.73. The fourth-order valence-electron chi connectivity index (χ4n) is 1.07. The van der Waals surface area contributed by atoms with Crippen molar-refractivity contribution >= 4 is 11.4 Å². The van der Waals surface area contributed by atoms with Crippen molar-refractivity contribution in [1.29, 1.82) is 0 Å². The third-order valence-corrected chi connectivity index (χ3v) is 1.80. The molecule has 1 rings (SSSR count). The number of nitrogens with two attached hydrogens (primary N) is 2. The van der Waals surface area contributed by atoms with Crippen LogP contribution in [0.25, 0.3) is 5.70 Å². The second-order valence-corrected chi connectivity index (χ2v) is 2.82. The standard InChI is InChI=1S/C9H12FN3/c1-5-3-7(6(2)11)9(13-12)4-8(5)10/h3-4,13H,2,11-12H2,1H3. The van der Waals surface area contributed by atoms with E-state index in [0.717, 1.165) is 0 Å². The van der Waals surface area contributed by atoms with Gasteiger partial charge >= 0.3 is 0 Å². The molecule has 0 aliphatic rings. The van der Waals surface area contributed by atoms with E-state index in [-0.39, 0.29) is 5.82 Å². The van der Waals surface area contributed by atoms with Gasteiger partial charge in [0.15, 0.2) is 0 Å². The second kappa shape index (κ2) is 3.45. The van der Waals surface area contributed by atoms with E-state index in [2.05, 4.69) is 12.0 Å². The summed E-state index contributed by atoms with van der Waals surface area (Å²) in [6, 6.07) is 2.90. The number of nitrogens with one attached hydrogen (secondary N) is 1. The Labute approximate surface area is 76.2 Å². The van der Waals surface area contributed by atoms with E-state index in [4.69, 9.17) is 11.6 Å². The van der Waals surface area contributed by atoms with Crippen molar-refractivity contribution in [1.82, 2.24) is 0 Å². The molecule has 0 aliphatic carbocycles. The molecule has 0 aromatic heterocycles. The Kier molecular flexibility index (Phi) is 2.53. The van der Waals surface area contributed by atoms with Crippen molar-refractivity contribution in [2.75, 3.05) is 5.43 Å². The largest absolute Gasteiger partial charge is 0.399 e. The van der Waals surface area contributed by atoms with E-state index in [1.807, 2.05) is 0 Å². The average molecular weight is 181 g/mol. The number of hydrogen-bond acceptors (Lipinski definition) is 3. The summed E-state index contributed by atoms with van der Waals surface area (Å²) >= 11 is 0. The first-order valence-corrected chi connectivity index (χ1v) is 3.77. The van der Waals surface area contributed by atoms with Crippen molar-refractivity contribution in [3.63, 3.8) is 0 Å². The molecule has 3 nitrogen and oxygen atoms in total. The Bertz CT molecular complexity index is 347. The molecular weight excluding hydrogens is 169 g/mol. The number of halogens is 1. The van der Waals surface area contributed by atoms with E-state index < -0.39 is 0 Å². The maximum atomic E-state index is 13.0. The van der Waals surface area contributed by atoms with Gasteiger partial charge in [-0.2, -0.15) is 0 Å². The Morgan fingerprint density at radius 3 is 2.62 bits per heavy atom. The van der Waals surface area contributed by atoms with Crippen molar-refractivity contribution in [3.05, 3.63) is 35.7 Å². The van der Waals surface area contributed by atoms with E-state index >= 15 is 0 Å². The summed E-state index contributed by atoms with van der Waals surface area (Å²) in [4.78, 5) is 0. The Morgan fingerprint density at radius 2 is 2.15 bits per heavy atom. The molecule has 13 heavy (non-hydrogen) atoms. The van der Waals surface area contributed by atoms with Gasteiger partial charge in [0.25, 0.3) is 0 Å². The van der Waals surface area contributed by atoms with Crippen LogP contribution in [-0.4, -0.2) is 0 Å². The summed E-state index contributed by atoms with van der Waals surface area (Å²) in [5, 5.41) is 0. The third-order valence-electron chi connectivity index (χ3n) is 1.80. The zero-order valence-corrected chi connectivity index (χ0v) is 7.39. The van der Waals surface area contributed by atoms with Crippen LogP contribution in [0.3, 0.4) is 0 Å². The molecule has 0 aliphatic heterocycles. The smallest absolute Gasteiger partial charge is 0.128 e. The molecule has 0 atom stereocenters. The molecule has 1 aromatic rings. The lowest BCUT2D eigenvalue weighted by atomic mass is 10.1. The van der Waals surface area contributed by atoms with Crippen molar-refractivity contribution in [3.8, 4) is 0 Å². The third kappa shape index (κ3) is 1.78. The fourth-order valence-corrected chi connectivity index (χ4v) is 1.07. The topological polar surface area (TPSA) is 64.1 Å². The molecule has 70 valence electrons. The van der Waals surface area contributed by atoms with Crippen molar-refractivity contribution < 1.29 is 4.39 Å². The summed E-state index contributed by atoms with van der Waals surface area (Å²) in [5.74, 6) is 4.87. The molecule has 0 saturated heterocycles. The van der Waals surface area contributed by atoms with Crippen LogP contribution in [-0.2, 0) is 0 Å². The molecule has 0 heterocycles. The lowest BCUT2D eigenvalue weighted by molar-refractivity contribution is 0.619. The molecule has 0 bridgehead atoms. The van der Waals surface area contributed by atoms with Crippen molar-refractivity contribution in [2.24, 2.45) is 11.6 Å². The number of aryl methyl sites for hydroxylation is 1. The molecular formula is C9H12FN3. The predicted molar refractivity (Wildman–Crippen MR) is 52.2 cm³/mol. The van der Waals surface area contributed by atoms with Gasteiger partial charge in [0.1, 0.15) is 5.82 Å². The van der Waals surface area contributed by atoms with Crippen LogP contribution >= 0.6 is 0 Å². The zero-order chi connectivity index (χ0) is 10.0. The molecule has 0 unspecified atom stereocenters. The van der Waals surface area contributed by atoms with Crippen LogP contribution in [0, 0.1) is 12.7 Å². The van der Waals surface area contributed by atoms with Crippen molar-refractivity contribution in [2.45, 2.75) is 6.92 Å². The van der Waals surface area contributed by atoms with E-state index in [9.17, 15) is 4.39 Å². The Morgan fingerprint density at radius 1 is 1.54 bits per heavy atom. The fraction of sp³-hybridized carbons (Fsp3) is 0.111. The minimum absolute atomic E-state index is 0.321. The molecule has 0 radical (unpaired) electrons. The van der Waals surface area contributed by atoms with Crippen LogP contribution in [0.1, 0.15) is 11.1 Å². The number of benzene rings is 1. The number of hydrogen-bond donors (Lipinski definition) is 3. The normalized spacial score (nSPS) is 9.77. The van der Waals surface area contributed by atoms with Gasteiger partial charge in [-0.1, -0.05) is 6.58 Å². The molecule has 0 saturated carbocycles. The van der Waals surface area contributed by atoms with Crippen LogP contribution in [0.5, 0.6) is 0 Å². The minimum Gasteiger partial charge on any atom is -0.399 e. The Hall–Kier alpha value is -1.55. The SMILES string of the molecule is C=C(N)c1cc(C)c(F)cc1NN. The van der Waals surface area contributed by atoms with E-state index in [1.54, 1.807) is 13.0 Å². The summed E-state index contributed by atoms with van der Waals surface area (Å²) in [6.07, 6.45) is 0. The highest BCUT2D eigenvalue weighted by atomic mass is 19.1. The first kappa shape index (κ1) is 9.54. The maximum absolute atomic E-state index is 13.0. The van der Waals surface area contributed by atoms with Crippen LogP contribution in [0.15, 0.2) is 18.7 Å². The zero-order valence-electron chi connectivity index (χ0n) is 7.39. The highest BCUT2D eigenvalue weighted by Gasteiger charge is 2.06. The van der Waals surface area contributed by atoms with Crippen LogP contribution in [0.2, 0.25) is 0 Å². The first-order valence-electron chi connectivity index (χ1n) is 3.77. The number of hydrazine groups is 1. The van der Waals surface area contributed by atoms with Gasteiger partial charge in [-0.05, 0) is 24.6 Å². The quantitative estimate of drug-likeness (QED) is 0.476. The minimum atomic E-state index is -0.321. The molecule has 5 N–H and O–H groups in total. The van der Waals surface area contributed by atoms with Crippen LogP contribution < -0.4 is 17.0 Å². The van der Waals surface area contributed by atoms with Gasteiger partial charge in [-0.25, -0.2) is 4.39 Å². The monoisotopic (exact) mass is 181 g/mol. The molecule has 0 spiro atoms. The lowest BCUT2D eigenvalue weighted by Gasteiger charge is -2.09. The van der Waals surface area contributed by atoms with Gasteiger partial charge in [0.05, 0.1) is 5.69 Å². The Balaban J connectivity index is 3.33. The number of rotatable bonds is 2. The number of anilines is 1. The van der Waals surface area contributed by atoms with E-state index in [1.165, 1.54) is 6.07 Å². The predicted octanol–water partition coefficient (Wildman–Crippen LogP) is 1.35. The highest BCUT2D eigenvalue weighted by Crippen LogP contribution is 2.22. The summed E-state index contributed by atoms with van der Waals surface area (Å²) in [5.41, 5.74) is 9.80. The number of nitrogen functional groups attached to an aromatic ring is 1. The maximum Gasteiger partial charge on any atom is 0.128 e.